The summed E-state index contributed by atoms with van der Waals surface area (Å²) in [5.74, 6) is 2.52. The molecule has 1 N–H and O–H groups in total. The minimum atomic E-state index is -0.145. The van der Waals surface area contributed by atoms with E-state index >= 15 is 0 Å². The first-order valence-corrected chi connectivity index (χ1v) is 11.2. The van der Waals surface area contributed by atoms with Crippen molar-refractivity contribution in [1.29, 1.82) is 0 Å². The van der Waals surface area contributed by atoms with Crippen molar-refractivity contribution in [2.75, 3.05) is 12.4 Å². The largest absolute Gasteiger partial charge is 0.497 e. The Bertz CT molecular complexity index is 964. The molecule has 0 aliphatic heterocycles. The topological polar surface area (TPSA) is 77.2 Å². The van der Waals surface area contributed by atoms with Gasteiger partial charge in [-0.25, -0.2) is 0 Å². The number of anilines is 1. The Hall–Kier alpha value is -2.80. The zero-order valence-corrected chi connectivity index (χ0v) is 17.8. The highest BCUT2D eigenvalue weighted by atomic mass is 32.2. The van der Waals surface area contributed by atoms with E-state index in [2.05, 4.69) is 15.5 Å². The van der Waals surface area contributed by atoms with Gasteiger partial charge in [-0.05, 0) is 54.8 Å². The van der Waals surface area contributed by atoms with Crippen LogP contribution in [0.3, 0.4) is 0 Å². The van der Waals surface area contributed by atoms with Gasteiger partial charge in [-0.1, -0.05) is 43.2 Å². The van der Waals surface area contributed by atoms with E-state index in [1.54, 1.807) is 7.11 Å². The van der Waals surface area contributed by atoms with Gasteiger partial charge in [0.1, 0.15) is 5.75 Å². The number of aromatic nitrogens is 2. The van der Waals surface area contributed by atoms with Crippen molar-refractivity contribution in [3.05, 3.63) is 65.5 Å². The lowest BCUT2D eigenvalue weighted by atomic mass is 9.89. The molecule has 1 aliphatic carbocycles. The van der Waals surface area contributed by atoms with Crippen molar-refractivity contribution in [2.45, 2.75) is 49.0 Å². The van der Waals surface area contributed by atoms with Gasteiger partial charge in [0.05, 0.1) is 7.11 Å². The van der Waals surface area contributed by atoms with E-state index in [4.69, 9.17) is 9.15 Å². The average Bonchev–Trinajstić information content (AvgIpc) is 3.28. The zero-order valence-electron chi connectivity index (χ0n) is 17.0. The van der Waals surface area contributed by atoms with E-state index in [-0.39, 0.29) is 5.91 Å². The van der Waals surface area contributed by atoms with E-state index in [0.717, 1.165) is 35.7 Å². The highest BCUT2D eigenvalue weighted by molar-refractivity contribution is 7.98. The quantitative estimate of drug-likeness (QED) is 0.493. The third-order valence-electron chi connectivity index (χ3n) is 5.30. The molecule has 156 valence electrons. The number of rotatable bonds is 7. The minimum Gasteiger partial charge on any atom is -0.497 e. The van der Waals surface area contributed by atoms with Crippen LogP contribution in [-0.4, -0.2) is 23.2 Å². The van der Waals surface area contributed by atoms with E-state index in [0.29, 0.717) is 22.5 Å². The van der Waals surface area contributed by atoms with E-state index in [9.17, 15) is 4.79 Å². The Morgan fingerprint density at radius 2 is 1.80 bits per heavy atom. The summed E-state index contributed by atoms with van der Waals surface area (Å²) in [5, 5.41) is 11.9. The molecule has 1 aliphatic rings. The number of nitrogens with zero attached hydrogens (tertiary/aromatic N) is 2. The molecule has 1 fully saturated rings. The lowest BCUT2D eigenvalue weighted by molar-refractivity contribution is 0.102. The minimum absolute atomic E-state index is 0.145. The fourth-order valence-corrected chi connectivity index (χ4v) is 4.29. The molecule has 30 heavy (non-hydrogen) atoms. The van der Waals surface area contributed by atoms with Crippen LogP contribution in [0.25, 0.3) is 0 Å². The van der Waals surface area contributed by atoms with Crippen LogP contribution < -0.4 is 10.1 Å². The number of ether oxygens (including phenoxy) is 1. The fraction of sp³-hybridized carbons (Fsp3) is 0.348. The second kappa shape index (κ2) is 9.80. The summed E-state index contributed by atoms with van der Waals surface area (Å²) < 4.78 is 11.0. The van der Waals surface area contributed by atoms with Crippen LogP contribution in [0.4, 0.5) is 5.69 Å². The lowest BCUT2D eigenvalue weighted by Crippen LogP contribution is -2.11. The summed E-state index contributed by atoms with van der Waals surface area (Å²) in [6.45, 7) is 0. The van der Waals surface area contributed by atoms with Crippen LogP contribution in [0, 0.1) is 0 Å². The SMILES string of the molecule is COc1ccc(NC(=O)c2ccc(CSc3nnc(C4CCCCC4)o3)cc2)cc1. The van der Waals surface area contributed by atoms with Crippen molar-refractivity contribution >= 4 is 23.4 Å². The third-order valence-corrected chi connectivity index (χ3v) is 6.19. The molecule has 7 heteroatoms. The van der Waals surface area contributed by atoms with E-state index < -0.39 is 0 Å². The molecule has 0 saturated heterocycles. The first kappa shape index (κ1) is 20.5. The van der Waals surface area contributed by atoms with Crippen molar-refractivity contribution in [2.24, 2.45) is 0 Å². The highest BCUT2D eigenvalue weighted by Gasteiger charge is 2.21. The average molecular weight is 424 g/mol. The molecule has 1 saturated carbocycles. The van der Waals surface area contributed by atoms with Gasteiger partial charge in [0, 0.05) is 22.9 Å². The van der Waals surface area contributed by atoms with E-state index in [1.807, 2.05) is 48.5 Å². The lowest BCUT2D eigenvalue weighted by Gasteiger charge is -2.17. The maximum atomic E-state index is 12.4. The Kier molecular flexibility index (Phi) is 6.69. The number of carbonyl (C=O) groups is 1. The summed E-state index contributed by atoms with van der Waals surface area (Å²) >= 11 is 1.53. The normalized spacial score (nSPS) is 14.4. The van der Waals surface area contributed by atoms with Crippen molar-refractivity contribution in [3.8, 4) is 5.75 Å². The molecule has 0 unspecified atom stereocenters. The van der Waals surface area contributed by atoms with Crippen LogP contribution in [0.5, 0.6) is 5.75 Å². The summed E-state index contributed by atoms with van der Waals surface area (Å²) in [7, 11) is 1.61. The standard InChI is InChI=1S/C23H25N3O3S/c1-28-20-13-11-19(12-14-20)24-21(27)17-9-7-16(8-10-17)15-30-23-26-25-22(29-23)18-5-3-2-4-6-18/h7-14,18H,2-6,15H2,1H3,(H,24,27). The van der Waals surface area contributed by atoms with Gasteiger partial charge in [-0.15, -0.1) is 10.2 Å². The molecule has 2 aromatic carbocycles. The molecular weight excluding hydrogens is 398 g/mol. The monoisotopic (exact) mass is 423 g/mol. The molecule has 1 amide bonds. The first-order valence-electron chi connectivity index (χ1n) is 10.2. The van der Waals surface area contributed by atoms with Gasteiger partial charge in [-0.2, -0.15) is 0 Å². The van der Waals surface area contributed by atoms with Crippen LogP contribution in [0.2, 0.25) is 0 Å². The molecule has 0 radical (unpaired) electrons. The van der Waals surface area contributed by atoms with Crippen LogP contribution in [0.1, 0.15) is 59.8 Å². The number of hydrogen-bond donors (Lipinski definition) is 1. The highest BCUT2D eigenvalue weighted by Crippen LogP contribution is 2.33. The predicted octanol–water partition coefficient (Wildman–Crippen LogP) is 5.67. The van der Waals surface area contributed by atoms with Gasteiger partial charge >= 0.3 is 0 Å². The summed E-state index contributed by atoms with van der Waals surface area (Å²) in [4.78, 5) is 12.4. The Morgan fingerprint density at radius 1 is 1.07 bits per heavy atom. The van der Waals surface area contributed by atoms with Crippen LogP contribution in [0.15, 0.2) is 58.2 Å². The molecular formula is C23H25N3O3S. The summed E-state index contributed by atoms with van der Waals surface area (Å²) in [6, 6.07) is 14.8. The Labute approximate surface area is 180 Å². The third kappa shape index (κ3) is 5.21. The van der Waals surface area contributed by atoms with Gasteiger partial charge < -0.3 is 14.5 Å². The molecule has 4 rings (SSSR count). The Morgan fingerprint density at radius 3 is 2.50 bits per heavy atom. The zero-order chi connectivity index (χ0) is 20.8. The van der Waals surface area contributed by atoms with Crippen molar-refractivity contribution in [1.82, 2.24) is 10.2 Å². The first-order chi connectivity index (χ1) is 14.7. The van der Waals surface area contributed by atoms with Gasteiger partial charge in [0.25, 0.3) is 11.1 Å². The maximum absolute atomic E-state index is 12.4. The smallest absolute Gasteiger partial charge is 0.276 e. The number of methoxy groups -OCH3 is 1. The van der Waals surface area contributed by atoms with Crippen molar-refractivity contribution in [3.63, 3.8) is 0 Å². The summed E-state index contributed by atoms with van der Waals surface area (Å²) in [6.07, 6.45) is 6.08. The second-order valence-electron chi connectivity index (χ2n) is 7.41. The van der Waals surface area contributed by atoms with Gasteiger partial charge in [-0.3, -0.25) is 4.79 Å². The van der Waals surface area contributed by atoms with Crippen LogP contribution in [-0.2, 0) is 5.75 Å². The number of carbonyl (C=O) groups excluding carboxylic acids is 1. The molecule has 1 aromatic heterocycles. The predicted molar refractivity (Wildman–Crippen MR) is 117 cm³/mol. The molecule has 0 atom stereocenters. The number of amides is 1. The molecule has 6 nitrogen and oxygen atoms in total. The molecule has 1 heterocycles. The number of hydrogen-bond acceptors (Lipinski definition) is 6. The van der Waals surface area contributed by atoms with Gasteiger partial charge in [0.2, 0.25) is 5.89 Å². The second-order valence-corrected chi connectivity index (χ2v) is 8.34. The van der Waals surface area contributed by atoms with Crippen molar-refractivity contribution < 1.29 is 13.9 Å². The number of benzene rings is 2. The molecule has 3 aromatic rings. The summed E-state index contributed by atoms with van der Waals surface area (Å²) in [5.41, 5.74) is 2.43. The van der Waals surface area contributed by atoms with E-state index in [1.165, 1.54) is 31.0 Å². The Balaban J connectivity index is 1.30. The van der Waals surface area contributed by atoms with Crippen LogP contribution >= 0.6 is 11.8 Å². The molecule has 0 bridgehead atoms. The number of nitrogens with one attached hydrogen (secondary N) is 1. The fourth-order valence-electron chi connectivity index (χ4n) is 3.57. The molecule has 0 spiro atoms. The number of thioether (sulfide) groups is 1. The van der Waals surface area contributed by atoms with Gasteiger partial charge in [0.15, 0.2) is 0 Å². The maximum Gasteiger partial charge on any atom is 0.276 e.